The van der Waals surface area contributed by atoms with Gasteiger partial charge in [0.1, 0.15) is 29.9 Å². The van der Waals surface area contributed by atoms with E-state index in [4.69, 9.17) is 4.74 Å². The molecular weight excluding hydrogens is 751 g/mol. The number of phenolic OH excluding ortho intramolecular Hbond substituents is 2. The van der Waals surface area contributed by atoms with Crippen molar-refractivity contribution in [1.82, 2.24) is 20.0 Å². The molecule has 0 radical (unpaired) electrons. The number of unbranched alkanes of at least 4 members (excludes halogenated alkanes) is 1. The van der Waals surface area contributed by atoms with E-state index in [1.807, 2.05) is 53.4 Å². The van der Waals surface area contributed by atoms with Gasteiger partial charge in [0.2, 0.25) is 17.7 Å². The van der Waals surface area contributed by atoms with Gasteiger partial charge in [-0.15, -0.1) is 0 Å². The minimum Gasteiger partial charge on any atom is -0.508 e. The smallest absolute Gasteiger partial charge is 0.264 e. The van der Waals surface area contributed by atoms with Crippen molar-refractivity contribution in [3.05, 3.63) is 119 Å². The second-order valence-corrected chi connectivity index (χ2v) is 15.0. The topological polar surface area (TPSA) is 169 Å². The van der Waals surface area contributed by atoms with E-state index >= 15 is 0 Å². The van der Waals surface area contributed by atoms with Gasteiger partial charge in [0.15, 0.2) is 0 Å². The number of rotatable bonds is 15. The SMILES string of the molecule is CCC(=C(c1ccc(O)cc1)c1ccc(OCCN2CCN(C(=O)CCCCNc3cccc4c3C(=O)N(C3CCC(=O)NC3=O)C4=O)CC2)cc1)c1ccc(O)cc1. The molecule has 3 aliphatic rings. The van der Waals surface area contributed by atoms with E-state index in [0.29, 0.717) is 51.2 Å². The average Bonchev–Trinajstić information content (AvgIpc) is 3.50. The van der Waals surface area contributed by atoms with Crippen molar-refractivity contribution in [3.63, 3.8) is 0 Å². The Kier molecular flexibility index (Phi) is 12.7. The monoisotopic (exact) mass is 799 g/mol. The molecule has 0 aromatic heterocycles. The van der Waals surface area contributed by atoms with Gasteiger partial charge in [-0.05, 0) is 102 Å². The summed E-state index contributed by atoms with van der Waals surface area (Å²) in [5.41, 5.74) is 6.11. The van der Waals surface area contributed by atoms with Gasteiger partial charge in [-0.1, -0.05) is 49.4 Å². The summed E-state index contributed by atoms with van der Waals surface area (Å²) >= 11 is 0. The molecule has 1 atom stereocenters. The molecule has 3 aliphatic heterocycles. The third-order valence-corrected chi connectivity index (χ3v) is 11.2. The first-order valence-corrected chi connectivity index (χ1v) is 20.2. The predicted molar refractivity (Wildman–Crippen MR) is 223 cm³/mol. The summed E-state index contributed by atoms with van der Waals surface area (Å²) in [4.78, 5) is 68.7. The number of nitrogens with one attached hydrogen (secondary N) is 2. The summed E-state index contributed by atoms with van der Waals surface area (Å²) < 4.78 is 6.14. The van der Waals surface area contributed by atoms with Crippen molar-refractivity contribution < 1.29 is 38.9 Å². The normalized spacial score (nSPS) is 17.4. The van der Waals surface area contributed by atoms with Crippen molar-refractivity contribution >= 4 is 46.4 Å². The fraction of sp³-hybridized carbons (Fsp3) is 0.326. The van der Waals surface area contributed by atoms with Crippen LogP contribution >= 0.6 is 0 Å². The number of piperidine rings is 1. The summed E-state index contributed by atoms with van der Waals surface area (Å²) in [5, 5.41) is 25.3. The van der Waals surface area contributed by atoms with Gasteiger partial charge in [0.25, 0.3) is 11.8 Å². The molecule has 4 aromatic rings. The van der Waals surface area contributed by atoms with Gasteiger partial charge < -0.3 is 25.2 Å². The fourth-order valence-corrected chi connectivity index (χ4v) is 8.01. The molecule has 306 valence electrons. The number of piperazine rings is 1. The third kappa shape index (κ3) is 9.31. The van der Waals surface area contributed by atoms with Crippen LogP contribution in [0.3, 0.4) is 0 Å². The number of amides is 5. The molecule has 0 spiro atoms. The molecule has 0 bridgehead atoms. The Bertz CT molecular complexity index is 2230. The summed E-state index contributed by atoms with van der Waals surface area (Å²) in [6.07, 6.45) is 2.67. The largest absolute Gasteiger partial charge is 0.508 e. The molecule has 59 heavy (non-hydrogen) atoms. The molecule has 13 heteroatoms. The van der Waals surface area contributed by atoms with E-state index in [1.165, 1.54) is 0 Å². The number of nitrogens with zero attached hydrogens (tertiary/aromatic N) is 3. The Labute approximate surface area is 343 Å². The number of phenols is 2. The summed E-state index contributed by atoms with van der Waals surface area (Å²) in [5.74, 6) is -0.879. The molecule has 1 unspecified atom stereocenters. The molecule has 13 nitrogen and oxygen atoms in total. The minimum absolute atomic E-state index is 0.0602. The number of carbonyl (C=O) groups is 5. The molecule has 2 saturated heterocycles. The summed E-state index contributed by atoms with van der Waals surface area (Å²) in [6.45, 7) is 6.66. The minimum atomic E-state index is -1.02. The lowest BCUT2D eigenvalue weighted by Gasteiger charge is -2.34. The zero-order valence-electron chi connectivity index (χ0n) is 33.1. The number of fused-ring (bicyclic) bond motifs is 1. The lowest BCUT2D eigenvalue weighted by Crippen LogP contribution is -2.54. The lowest BCUT2D eigenvalue weighted by atomic mass is 9.88. The van der Waals surface area contributed by atoms with E-state index in [-0.39, 0.29) is 41.4 Å². The molecule has 4 N–H and O–H groups in total. The third-order valence-electron chi connectivity index (χ3n) is 11.2. The number of imide groups is 2. The number of aromatic hydroxyl groups is 2. The highest BCUT2D eigenvalue weighted by Crippen LogP contribution is 2.36. The zero-order valence-corrected chi connectivity index (χ0v) is 33.1. The van der Waals surface area contributed by atoms with Gasteiger partial charge in [-0.3, -0.25) is 39.1 Å². The molecule has 0 saturated carbocycles. The highest BCUT2D eigenvalue weighted by molar-refractivity contribution is 6.25. The molecule has 3 heterocycles. The highest BCUT2D eigenvalue weighted by atomic mass is 16.5. The Morgan fingerprint density at radius 1 is 0.797 bits per heavy atom. The van der Waals surface area contributed by atoms with Crippen molar-refractivity contribution in [1.29, 1.82) is 0 Å². The maximum absolute atomic E-state index is 13.3. The van der Waals surface area contributed by atoms with Crippen LogP contribution in [0.2, 0.25) is 0 Å². The van der Waals surface area contributed by atoms with Crippen LogP contribution in [0.5, 0.6) is 17.2 Å². The maximum Gasteiger partial charge on any atom is 0.264 e. The first-order valence-electron chi connectivity index (χ1n) is 20.2. The number of ether oxygens (including phenoxy) is 1. The van der Waals surface area contributed by atoms with Crippen LogP contribution in [0.15, 0.2) is 91.0 Å². The lowest BCUT2D eigenvalue weighted by molar-refractivity contribution is -0.136. The highest BCUT2D eigenvalue weighted by Gasteiger charge is 2.45. The van der Waals surface area contributed by atoms with Crippen LogP contribution < -0.4 is 15.4 Å². The van der Waals surface area contributed by atoms with Crippen molar-refractivity contribution in [2.45, 2.75) is 51.5 Å². The van der Waals surface area contributed by atoms with Gasteiger partial charge in [-0.2, -0.15) is 0 Å². The Hall–Kier alpha value is -6.47. The van der Waals surface area contributed by atoms with E-state index in [0.717, 1.165) is 64.5 Å². The molecule has 4 aromatic carbocycles. The first kappa shape index (κ1) is 40.7. The Morgan fingerprint density at radius 3 is 2.08 bits per heavy atom. The van der Waals surface area contributed by atoms with E-state index in [1.54, 1.807) is 42.5 Å². The molecule has 0 aliphatic carbocycles. The maximum atomic E-state index is 13.3. The van der Waals surface area contributed by atoms with Crippen molar-refractivity contribution in [2.24, 2.45) is 0 Å². The predicted octanol–water partition coefficient (Wildman–Crippen LogP) is 5.67. The number of hydrogen-bond acceptors (Lipinski definition) is 10. The van der Waals surface area contributed by atoms with Gasteiger partial charge in [0, 0.05) is 57.8 Å². The molecule has 2 fully saturated rings. The van der Waals surface area contributed by atoms with Crippen molar-refractivity contribution in [2.75, 3.05) is 51.2 Å². The van der Waals surface area contributed by atoms with Crippen LogP contribution in [0.25, 0.3) is 11.1 Å². The Morgan fingerprint density at radius 2 is 1.44 bits per heavy atom. The van der Waals surface area contributed by atoms with Crippen LogP contribution in [0, 0.1) is 0 Å². The summed E-state index contributed by atoms with van der Waals surface area (Å²) in [6, 6.07) is 26.4. The van der Waals surface area contributed by atoms with E-state index in [9.17, 15) is 34.2 Å². The van der Waals surface area contributed by atoms with Gasteiger partial charge in [-0.25, -0.2) is 0 Å². The number of benzene rings is 4. The standard InChI is InChI=1S/C46H49N5O8/c1-2-36(30-9-15-33(52)16-10-30)42(31-11-17-34(53)18-12-31)32-13-19-35(20-14-32)59-29-28-49-24-26-50(27-25-49)41(55)8-3-4-23-47-38-7-5-6-37-43(38)46(58)51(45(37)57)39-21-22-40(54)48-44(39)56/h5-7,9-20,39,47,52-53H,2-4,8,21-29H2,1H3,(H,48,54,56). The first-order chi connectivity index (χ1) is 28.6. The fourth-order valence-electron chi connectivity index (χ4n) is 8.01. The molecular formula is C46H49N5O8. The molecule has 7 rings (SSSR count). The van der Waals surface area contributed by atoms with Crippen molar-refractivity contribution in [3.8, 4) is 17.2 Å². The average molecular weight is 800 g/mol. The van der Waals surface area contributed by atoms with E-state index in [2.05, 4.69) is 22.5 Å². The van der Waals surface area contributed by atoms with Crippen LogP contribution in [0.1, 0.15) is 82.9 Å². The number of hydrogen-bond donors (Lipinski definition) is 4. The van der Waals surface area contributed by atoms with Crippen LogP contribution in [0.4, 0.5) is 5.69 Å². The molecule has 5 amide bonds. The Balaban J connectivity index is 0.840. The van der Waals surface area contributed by atoms with Gasteiger partial charge in [0.05, 0.1) is 11.1 Å². The zero-order chi connectivity index (χ0) is 41.5. The number of anilines is 1. The van der Waals surface area contributed by atoms with Crippen LogP contribution in [-0.4, -0.2) is 106 Å². The number of carbonyl (C=O) groups excluding carboxylic acids is 5. The summed E-state index contributed by atoms with van der Waals surface area (Å²) in [7, 11) is 0. The second kappa shape index (κ2) is 18.4. The van der Waals surface area contributed by atoms with Gasteiger partial charge >= 0.3 is 0 Å². The number of allylic oxidation sites excluding steroid dienone is 1. The van der Waals surface area contributed by atoms with E-state index < -0.39 is 29.7 Å². The quantitative estimate of drug-likeness (QED) is 0.0668. The second-order valence-electron chi connectivity index (χ2n) is 15.0. The van der Waals surface area contributed by atoms with Crippen LogP contribution in [-0.2, 0) is 14.4 Å².